The molecule has 15 heteroatoms. The van der Waals surface area contributed by atoms with E-state index >= 15 is 8.78 Å². The van der Waals surface area contributed by atoms with Crippen LogP contribution in [0.15, 0.2) is 17.1 Å². The fraction of sp³-hybridized carbons (Fsp3) is 0.381. The number of hydrogen-bond acceptors (Lipinski definition) is 11. The van der Waals surface area contributed by atoms with Crippen LogP contribution in [0.5, 0.6) is 0 Å². The molecular formula is C21H17F2N3O10. The maximum absolute atomic E-state index is 15.3. The Labute approximate surface area is 201 Å². The Kier molecular flexibility index (Phi) is 9.60. The van der Waals surface area contributed by atoms with Gasteiger partial charge in [0.05, 0.1) is 0 Å². The van der Waals surface area contributed by atoms with Crippen LogP contribution in [-0.2, 0) is 28.4 Å². The largest absolute Gasteiger partial charge is 0.509 e. The van der Waals surface area contributed by atoms with E-state index in [4.69, 9.17) is 24.0 Å². The van der Waals surface area contributed by atoms with Gasteiger partial charge in [0.15, 0.2) is 19.8 Å². The van der Waals surface area contributed by atoms with E-state index in [1.54, 1.807) is 0 Å². The van der Waals surface area contributed by atoms with E-state index in [0.29, 0.717) is 4.57 Å². The number of amides is 1. The number of rotatable bonds is 8. The number of carbonyl (C=O) groups excluding carboxylic acids is 3. The highest BCUT2D eigenvalue weighted by molar-refractivity contribution is 5.83. The van der Waals surface area contributed by atoms with Gasteiger partial charge in [-0.1, -0.05) is 17.8 Å². The van der Waals surface area contributed by atoms with Gasteiger partial charge in [-0.25, -0.2) is 19.2 Å². The molecule has 0 radical (unpaired) electrons. The first-order valence-corrected chi connectivity index (χ1v) is 9.63. The number of hydrogen-bond donors (Lipinski definition) is 1. The number of aromatic nitrogens is 2. The van der Waals surface area contributed by atoms with Crippen LogP contribution in [0.25, 0.3) is 0 Å². The van der Waals surface area contributed by atoms with Gasteiger partial charge in [0.1, 0.15) is 18.5 Å². The number of nitrogens with zero attached hydrogens (tertiary/aromatic N) is 2. The summed E-state index contributed by atoms with van der Waals surface area (Å²) >= 11 is 0. The fourth-order valence-electron chi connectivity index (χ4n) is 2.69. The first-order valence-electron chi connectivity index (χ1n) is 9.63. The molecule has 2 rings (SSSR count). The molecule has 1 fully saturated rings. The molecule has 36 heavy (non-hydrogen) atoms. The van der Waals surface area contributed by atoms with E-state index in [1.165, 1.54) is 0 Å². The van der Waals surface area contributed by atoms with Crippen LogP contribution in [0.2, 0.25) is 0 Å². The second kappa shape index (κ2) is 12.6. The Morgan fingerprint density at radius 3 is 2.28 bits per heavy atom. The van der Waals surface area contributed by atoms with E-state index in [9.17, 15) is 19.2 Å². The summed E-state index contributed by atoms with van der Waals surface area (Å²) in [6.07, 6.45) is 5.11. The van der Waals surface area contributed by atoms with Crippen molar-refractivity contribution in [1.82, 2.24) is 9.55 Å². The maximum atomic E-state index is 15.3. The van der Waals surface area contributed by atoms with E-state index in [1.807, 2.05) is 17.8 Å². The first-order chi connectivity index (χ1) is 17.1. The predicted octanol–water partition coefficient (Wildman–Crippen LogP) is 0.899. The SMILES string of the molecule is C#CCOC(=O)Nc1ccn([C@@H]2O[C@H](COC(=O)OCC#C)[C@@H](OC(=O)OCC#C)C2(F)F)c(=O)n1. The summed E-state index contributed by atoms with van der Waals surface area (Å²) in [5.74, 6) is 1.54. The van der Waals surface area contributed by atoms with Gasteiger partial charge in [0.25, 0.3) is 0 Å². The van der Waals surface area contributed by atoms with Crippen molar-refractivity contribution >= 4 is 24.2 Å². The summed E-state index contributed by atoms with van der Waals surface area (Å²) in [6, 6.07) is 0.982. The highest BCUT2D eigenvalue weighted by atomic mass is 19.3. The summed E-state index contributed by atoms with van der Waals surface area (Å²) in [4.78, 5) is 50.7. The molecule has 0 saturated carbocycles. The van der Waals surface area contributed by atoms with Gasteiger partial charge in [0, 0.05) is 6.20 Å². The summed E-state index contributed by atoms with van der Waals surface area (Å²) in [6.45, 7) is -2.30. The van der Waals surface area contributed by atoms with Gasteiger partial charge >= 0.3 is 30.0 Å². The zero-order chi connectivity index (χ0) is 26.7. The standard InChI is InChI=1S/C21H17F2N3O10/c1-4-9-31-18(28)25-14-7-8-26(17(27)24-14)16-21(22,23)15(36-20(30)33-11-6-3)13(35-16)12-34-19(29)32-10-5-2/h1-3,7-8,13,15-16H,9-12H2,(H,24,25,27,28)/t13-,15-,16-/m1/s1. The fourth-order valence-corrected chi connectivity index (χ4v) is 2.69. The first kappa shape index (κ1) is 27.4. The Morgan fingerprint density at radius 1 is 1.06 bits per heavy atom. The molecule has 0 aliphatic carbocycles. The summed E-state index contributed by atoms with van der Waals surface area (Å²) < 4.78 is 58.8. The molecule has 0 aromatic carbocycles. The van der Waals surface area contributed by atoms with Gasteiger partial charge in [0.2, 0.25) is 12.3 Å². The number of ether oxygens (including phenoxy) is 6. The van der Waals surface area contributed by atoms with E-state index < -0.39 is 68.3 Å². The monoisotopic (exact) mass is 509 g/mol. The molecule has 1 saturated heterocycles. The minimum absolute atomic E-state index is 0.346. The van der Waals surface area contributed by atoms with Gasteiger partial charge in [-0.15, -0.1) is 19.3 Å². The van der Waals surface area contributed by atoms with Crippen molar-refractivity contribution in [2.45, 2.75) is 24.4 Å². The van der Waals surface area contributed by atoms with Gasteiger partial charge in [-0.2, -0.15) is 13.8 Å². The van der Waals surface area contributed by atoms with Crippen LogP contribution in [-0.4, -0.2) is 72.5 Å². The smallest absolute Gasteiger partial charge is 0.436 e. The van der Waals surface area contributed by atoms with Crippen molar-refractivity contribution in [1.29, 1.82) is 0 Å². The van der Waals surface area contributed by atoms with Crippen LogP contribution in [0, 0.1) is 37.0 Å². The summed E-state index contributed by atoms with van der Waals surface area (Å²) in [7, 11) is 0. The van der Waals surface area contributed by atoms with E-state index in [0.717, 1.165) is 12.3 Å². The number of carbonyl (C=O) groups is 3. The molecule has 0 bridgehead atoms. The lowest BCUT2D eigenvalue weighted by Crippen LogP contribution is -2.45. The molecule has 1 aliphatic rings. The molecular weight excluding hydrogens is 492 g/mol. The van der Waals surface area contributed by atoms with Crippen LogP contribution in [0.4, 0.5) is 29.0 Å². The van der Waals surface area contributed by atoms with Gasteiger partial charge < -0.3 is 28.4 Å². The number of halogens is 2. The molecule has 1 amide bonds. The van der Waals surface area contributed by atoms with Crippen LogP contribution >= 0.6 is 0 Å². The number of anilines is 1. The van der Waals surface area contributed by atoms with Gasteiger partial charge in [-0.05, 0) is 6.07 Å². The molecule has 1 aromatic rings. The van der Waals surface area contributed by atoms with Crippen molar-refractivity contribution in [2.24, 2.45) is 0 Å². The van der Waals surface area contributed by atoms with Crippen molar-refractivity contribution in [3.8, 4) is 37.0 Å². The average Bonchev–Trinajstić information content (AvgIpc) is 3.08. The molecule has 13 nitrogen and oxygen atoms in total. The van der Waals surface area contributed by atoms with Crippen LogP contribution < -0.4 is 11.0 Å². The number of alkyl halides is 2. The van der Waals surface area contributed by atoms with Crippen molar-refractivity contribution in [2.75, 3.05) is 31.7 Å². The lowest BCUT2D eigenvalue weighted by Gasteiger charge is -2.23. The third kappa shape index (κ3) is 7.09. The number of nitrogens with one attached hydrogen (secondary N) is 1. The third-order valence-corrected chi connectivity index (χ3v) is 4.08. The second-order valence-electron chi connectivity index (χ2n) is 6.44. The number of terminal acetylenes is 3. The minimum atomic E-state index is -4.09. The zero-order valence-electron chi connectivity index (χ0n) is 18.2. The van der Waals surface area contributed by atoms with Gasteiger partial charge in [-0.3, -0.25) is 9.88 Å². The average molecular weight is 509 g/mol. The van der Waals surface area contributed by atoms with E-state index in [-0.39, 0.29) is 12.4 Å². The quantitative estimate of drug-likeness (QED) is 0.302. The predicted molar refractivity (Wildman–Crippen MR) is 112 cm³/mol. The van der Waals surface area contributed by atoms with Crippen LogP contribution in [0.3, 0.4) is 0 Å². The lowest BCUT2D eigenvalue weighted by atomic mass is 10.1. The molecule has 0 unspecified atom stereocenters. The summed E-state index contributed by atoms with van der Waals surface area (Å²) in [5, 5.41) is 2.07. The Balaban J connectivity index is 2.26. The van der Waals surface area contributed by atoms with E-state index in [2.05, 4.69) is 34.0 Å². The molecule has 2 heterocycles. The Morgan fingerprint density at radius 2 is 1.67 bits per heavy atom. The highest BCUT2D eigenvalue weighted by Crippen LogP contribution is 2.44. The molecule has 3 atom stereocenters. The molecule has 1 N–H and O–H groups in total. The second-order valence-corrected chi connectivity index (χ2v) is 6.44. The lowest BCUT2D eigenvalue weighted by molar-refractivity contribution is -0.146. The highest BCUT2D eigenvalue weighted by Gasteiger charge is 2.63. The molecule has 0 spiro atoms. The molecule has 1 aliphatic heterocycles. The zero-order valence-corrected chi connectivity index (χ0v) is 18.2. The van der Waals surface area contributed by atoms with Crippen molar-refractivity contribution in [3.05, 3.63) is 22.7 Å². The maximum Gasteiger partial charge on any atom is 0.509 e. The van der Waals surface area contributed by atoms with Crippen molar-refractivity contribution < 1.29 is 51.6 Å². The molecule has 1 aromatic heterocycles. The topological polar surface area (TPSA) is 154 Å². The summed E-state index contributed by atoms with van der Waals surface area (Å²) in [5.41, 5.74) is -1.29. The Hall–Kier alpha value is -4.81. The minimum Gasteiger partial charge on any atom is -0.436 e. The van der Waals surface area contributed by atoms with Crippen LogP contribution in [0.1, 0.15) is 6.23 Å². The Bertz CT molecular complexity index is 1160. The van der Waals surface area contributed by atoms with Crippen molar-refractivity contribution in [3.63, 3.8) is 0 Å². The normalized spacial score (nSPS) is 19.5. The molecule has 190 valence electrons. The third-order valence-electron chi connectivity index (χ3n) is 4.08.